The Bertz CT molecular complexity index is 957. The van der Waals surface area contributed by atoms with Crippen LogP contribution in [0.25, 0.3) is 5.76 Å². The molecule has 0 radical (unpaired) electrons. The predicted molar refractivity (Wildman–Crippen MR) is 114 cm³/mol. The van der Waals surface area contributed by atoms with Gasteiger partial charge in [0.1, 0.15) is 23.3 Å². The molecule has 0 aliphatic carbocycles. The van der Waals surface area contributed by atoms with Gasteiger partial charge in [0.2, 0.25) is 5.78 Å². The molecule has 1 saturated heterocycles. The summed E-state index contributed by atoms with van der Waals surface area (Å²) in [7, 11) is 0. The summed E-state index contributed by atoms with van der Waals surface area (Å²) in [4.78, 5) is 28.6. The normalized spacial score (nSPS) is 18.2. The molecule has 7 heteroatoms. The Balaban J connectivity index is 2.03. The summed E-state index contributed by atoms with van der Waals surface area (Å²) in [6.45, 7) is 11.2. The van der Waals surface area contributed by atoms with E-state index in [1.807, 2.05) is 6.92 Å². The molecule has 2 aromatic rings. The van der Waals surface area contributed by atoms with E-state index in [2.05, 4.69) is 13.8 Å². The number of Topliss-reactive ketones (excluding diaryl/α,β-unsaturated/α-hetero) is 1. The van der Waals surface area contributed by atoms with Gasteiger partial charge in [-0.15, -0.1) is 0 Å². The third-order valence-electron chi connectivity index (χ3n) is 5.69. The van der Waals surface area contributed by atoms with Crippen molar-refractivity contribution in [3.8, 4) is 5.75 Å². The van der Waals surface area contributed by atoms with Crippen molar-refractivity contribution in [1.29, 1.82) is 0 Å². The number of hydrogen-bond acceptors (Lipinski definition) is 5. The zero-order valence-electron chi connectivity index (χ0n) is 18.6. The lowest BCUT2D eigenvalue weighted by atomic mass is 9.99. The molecule has 3 rings (SSSR count). The molecule has 7 nitrogen and oxygen atoms in total. The van der Waals surface area contributed by atoms with Gasteiger partial charge < -0.3 is 24.1 Å². The number of rotatable bonds is 9. The van der Waals surface area contributed by atoms with Crippen LogP contribution in [-0.2, 0) is 9.59 Å². The lowest BCUT2D eigenvalue weighted by Crippen LogP contribution is -3.12. The largest absolute Gasteiger partial charge is 0.872 e. The number of hydrogen-bond donors (Lipinski definition) is 1. The molecule has 166 valence electrons. The van der Waals surface area contributed by atoms with Crippen molar-refractivity contribution in [2.75, 3.05) is 32.8 Å². The molecule has 1 aromatic heterocycles. The maximum Gasteiger partial charge on any atom is 0.295 e. The van der Waals surface area contributed by atoms with E-state index >= 15 is 0 Å². The summed E-state index contributed by atoms with van der Waals surface area (Å²) in [5, 5.41) is 13.3. The number of likely N-dealkylation sites (N-methyl/N-ethyl adjacent to an activating group) is 1. The molecule has 1 atom stereocenters. The molecule has 1 unspecified atom stereocenters. The van der Waals surface area contributed by atoms with Crippen molar-refractivity contribution in [3.63, 3.8) is 0 Å². The minimum Gasteiger partial charge on any atom is -0.872 e. The van der Waals surface area contributed by atoms with E-state index in [0.29, 0.717) is 42.5 Å². The quantitative estimate of drug-likeness (QED) is 0.369. The maximum atomic E-state index is 13.3. The van der Waals surface area contributed by atoms with Crippen LogP contribution >= 0.6 is 0 Å². The third-order valence-corrected chi connectivity index (χ3v) is 5.69. The summed E-state index contributed by atoms with van der Waals surface area (Å²) in [5.41, 5.74) is 0.280. The van der Waals surface area contributed by atoms with Crippen molar-refractivity contribution in [2.24, 2.45) is 0 Å². The SMILES string of the molecule is CCOc1ccc(C([O-])=C2C(=O)C(=O)N(CC[NH+](CC)CC)C2c2ccc(C)o2)cc1. The predicted octanol–water partition coefficient (Wildman–Crippen LogP) is 1.14. The Labute approximate surface area is 182 Å². The van der Waals surface area contributed by atoms with Gasteiger partial charge in [-0.1, -0.05) is 17.9 Å². The molecular formula is C24H30N2O5. The highest BCUT2D eigenvalue weighted by atomic mass is 16.5. The number of amides is 1. The maximum absolute atomic E-state index is 13.3. The van der Waals surface area contributed by atoms with Gasteiger partial charge in [0.05, 0.1) is 32.8 Å². The zero-order chi connectivity index (χ0) is 22.5. The van der Waals surface area contributed by atoms with Gasteiger partial charge in [-0.3, -0.25) is 9.59 Å². The highest BCUT2D eigenvalue weighted by Crippen LogP contribution is 2.39. The third kappa shape index (κ3) is 4.66. The summed E-state index contributed by atoms with van der Waals surface area (Å²) in [5.74, 6) is -0.144. The fraction of sp³-hybridized carbons (Fsp3) is 0.417. The molecule has 31 heavy (non-hydrogen) atoms. The Hall–Kier alpha value is -3.06. The fourth-order valence-corrected chi connectivity index (χ4v) is 3.90. The molecule has 0 saturated carbocycles. The van der Waals surface area contributed by atoms with E-state index in [4.69, 9.17) is 9.15 Å². The first-order chi connectivity index (χ1) is 14.9. The van der Waals surface area contributed by atoms with E-state index < -0.39 is 23.5 Å². The lowest BCUT2D eigenvalue weighted by Gasteiger charge is -2.27. The highest BCUT2D eigenvalue weighted by Gasteiger charge is 2.45. The molecule has 1 aromatic carbocycles. The second kappa shape index (κ2) is 9.83. The van der Waals surface area contributed by atoms with E-state index in [9.17, 15) is 14.7 Å². The standard InChI is InChI=1S/C24H30N2O5/c1-5-25(6-2)14-15-26-21(19-13-8-16(4)31-19)20(23(28)24(26)29)22(27)17-9-11-18(12-10-17)30-7-3/h8-13,21,27H,5-7,14-15H2,1-4H3. The van der Waals surface area contributed by atoms with E-state index in [1.54, 1.807) is 43.3 Å². The second-order valence-electron chi connectivity index (χ2n) is 7.59. The monoisotopic (exact) mass is 426 g/mol. The van der Waals surface area contributed by atoms with Crippen LogP contribution in [0.1, 0.15) is 43.9 Å². The van der Waals surface area contributed by atoms with Crippen LogP contribution in [0, 0.1) is 6.92 Å². The molecule has 1 aliphatic rings. The molecular weight excluding hydrogens is 396 g/mol. The topological polar surface area (TPSA) is 87.2 Å². The summed E-state index contributed by atoms with van der Waals surface area (Å²) < 4.78 is 11.2. The van der Waals surface area contributed by atoms with E-state index in [1.165, 1.54) is 9.80 Å². The van der Waals surface area contributed by atoms with Gasteiger partial charge in [-0.2, -0.15) is 0 Å². The van der Waals surface area contributed by atoms with Crippen LogP contribution in [0.2, 0.25) is 0 Å². The molecule has 1 N–H and O–H groups in total. The lowest BCUT2D eigenvalue weighted by molar-refractivity contribution is -0.895. The number of likely N-dealkylation sites (tertiary alicyclic amines) is 1. The van der Waals surface area contributed by atoms with Crippen molar-refractivity contribution in [2.45, 2.75) is 33.7 Å². The van der Waals surface area contributed by atoms with Gasteiger partial charge in [0.25, 0.3) is 5.91 Å². The van der Waals surface area contributed by atoms with Gasteiger partial charge in [0.15, 0.2) is 0 Å². The molecule has 0 spiro atoms. The number of carbonyl (C=O) groups excluding carboxylic acids is 2. The van der Waals surface area contributed by atoms with E-state index in [0.717, 1.165) is 13.1 Å². The number of aryl methyl sites for hydroxylation is 1. The second-order valence-corrected chi connectivity index (χ2v) is 7.59. The van der Waals surface area contributed by atoms with Gasteiger partial charge in [-0.05, 0) is 57.5 Å². The first-order valence-electron chi connectivity index (χ1n) is 10.8. The molecule has 1 aliphatic heterocycles. The molecule has 1 amide bonds. The first kappa shape index (κ1) is 22.6. The van der Waals surface area contributed by atoms with Crippen LogP contribution in [0.4, 0.5) is 0 Å². The number of quaternary nitrogens is 1. The van der Waals surface area contributed by atoms with E-state index in [-0.39, 0.29) is 5.57 Å². The Kier molecular flexibility index (Phi) is 7.17. The van der Waals surface area contributed by atoms with Crippen LogP contribution in [0.15, 0.2) is 46.4 Å². The molecule has 1 fully saturated rings. The number of benzene rings is 1. The average Bonchev–Trinajstić information content (AvgIpc) is 3.30. The number of nitrogens with one attached hydrogen (secondary N) is 1. The summed E-state index contributed by atoms with van der Waals surface area (Å²) in [6.07, 6.45) is 0. The smallest absolute Gasteiger partial charge is 0.295 e. The number of carbonyl (C=O) groups is 2. The number of ether oxygens (including phenoxy) is 1. The average molecular weight is 427 g/mol. The highest BCUT2D eigenvalue weighted by molar-refractivity contribution is 6.46. The van der Waals surface area contributed by atoms with Crippen LogP contribution < -0.4 is 14.7 Å². The van der Waals surface area contributed by atoms with Crippen LogP contribution in [0.5, 0.6) is 5.75 Å². The molecule has 2 heterocycles. The van der Waals surface area contributed by atoms with Gasteiger partial charge in [-0.25, -0.2) is 0 Å². The summed E-state index contributed by atoms with van der Waals surface area (Å²) in [6, 6.07) is 9.29. The fourth-order valence-electron chi connectivity index (χ4n) is 3.90. The van der Waals surface area contributed by atoms with Crippen molar-refractivity contribution in [3.05, 3.63) is 59.1 Å². The van der Waals surface area contributed by atoms with Crippen molar-refractivity contribution < 1.29 is 28.7 Å². The zero-order valence-corrected chi connectivity index (χ0v) is 18.6. The molecule has 0 bridgehead atoms. The van der Waals surface area contributed by atoms with Gasteiger partial charge >= 0.3 is 0 Å². The number of ketones is 1. The first-order valence-corrected chi connectivity index (χ1v) is 10.8. The number of nitrogens with zero attached hydrogens (tertiary/aromatic N) is 1. The van der Waals surface area contributed by atoms with Gasteiger partial charge in [0, 0.05) is 5.57 Å². The van der Waals surface area contributed by atoms with Crippen LogP contribution in [0.3, 0.4) is 0 Å². The summed E-state index contributed by atoms with van der Waals surface area (Å²) >= 11 is 0. The van der Waals surface area contributed by atoms with Crippen LogP contribution in [-0.4, -0.2) is 49.4 Å². The number of furan rings is 1. The van der Waals surface area contributed by atoms with Crippen molar-refractivity contribution >= 4 is 17.4 Å². The minimum absolute atomic E-state index is 0.0574. The Morgan fingerprint density at radius 3 is 2.32 bits per heavy atom. The Morgan fingerprint density at radius 2 is 1.77 bits per heavy atom. The van der Waals surface area contributed by atoms with Crippen molar-refractivity contribution in [1.82, 2.24) is 4.90 Å². The Morgan fingerprint density at radius 1 is 1.10 bits per heavy atom. The minimum atomic E-state index is -0.817.